The second kappa shape index (κ2) is 5.45. The lowest BCUT2D eigenvalue weighted by Gasteiger charge is -2.00. The number of aromatic amines is 1. The van der Waals surface area contributed by atoms with Crippen LogP contribution in [0.15, 0.2) is 30.3 Å². The maximum Gasteiger partial charge on any atom is 0.115 e. The first-order valence-electron chi connectivity index (χ1n) is 5.87. The van der Waals surface area contributed by atoms with Crippen LogP contribution in [0.1, 0.15) is 31.9 Å². The van der Waals surface area contributed by atoms with Gasteiger partial charge in [0.2, 0.25) is 0 Å². The van der Waals surface area contributed by atoms with Crippen LogP contribution in [-0.4, -0.2) is 15.4 Å². The Labute approximate surface area is 95.9 Å². The summed E-state index contributed by atoms with van der Waals surface area (Å²) in [5.41, 5.74) is 3.22. The summed E-state index contributed by atoms with van der Waals surface area (Å²) in [5, 5.41) is 11.2. The molecule has 2 rings (SSSR count). The molecule has 3 nitrogen and oxygen atoms in total. The second-order valence-corrected chi connectivity index (χ2v) is 3.94. The number of H-pyrrole nitrogens is 1. The van der Waals surface area contributed by atoms with Gasteiger partial charge in [-0.25, -0.2) is 0 Å². The molecule has 1 aromatic carbocycles. The highest BCUT2D eigenvalue weighted by Crippen LogP contribution is 2.20. The van der Waals surface area contributed by atoms with Crippen molar-refractivity contribution in [3.8, 4) is 11.3 Å². The Balaban J connectivity index is 2.13. The number of unbranched alkanes of at least 4 members (excludes halogenated alkanes) is 2. The third-order valence-corrected chi connectivity index (χ3v) is 2.68. The van der Waals surface area contributed by atoms with Crippen molar-refractivity contribution in [1.82, 2.24) is 15.4 Å². The summed E-state index contributed by atoms with van der Waals surface area (Å²) >= 11 is 0. The smallest absolute Gasteiger partial charge is 0.115 e. The van der Waals surface area contributed by atoms with Crippen LogP contribution >= 0.6 is 0 Å². The molecule has 0 aliphatic heterocycles. The van der Waals surface area contributed by atoms with Crippen molar-refractivity contribution in [1.29, 1.82) is 0 Å². The Hall–Kier alpha value is -1.64. The van der Waals surface area contributed by atoms with Gasteiger partial charge in [0, 0.05) is 5.56 Å². The molecular weight excluding hydrogens is 198 g/mol. The van der Waals surface area contributed by atoms with Crippen LogP contribution in [0.25, 0.3) is 11.3 Å². The minimum Gasteiger partial charge on any atom is -0.197 e. The summed E-state index contributed by atoms with van der Waals surface area (Å²) in [6, 6.07) is 10.2. The molecule has 84 valence electrons. The van der Waals surface area contributed by atoms with E-state index in [1.807, 2.05) is 18.2 Å². The van der Waals surface area contributed by atoms with Gasteiger partial charge in [0.1, 0.15) is 5.69 Å². The summed E-state index contributed by atoms with van der Waals surface area (Å²) in [4.78, 5) is 0. The van der Waals surface area contributed by atoms with Crippen molar-refractivity contribution in [2.24, 2.45) is 0 Å². The number of rotatable bonds is 5. The van der Waals surface area contributed by atoms with E-state index in [2.05, 4.69) is 34.5 Å². The molecule has 0 spiro atoms. The van der Waals surface area contributed by atoms with E-state index in [0.29, 0.717) is 0 Å². The Bertz CT molecular complexity index is 420. The third-order valence-electron chi connectivity index (χ3n) is 2.68. The van der Waals surface area contributed by atoms with Crippen LogP contribution in [0.3, 0.4) is 0 Å². The van der Waals surface area contributed by atoms with E-state index in [1.165, 1.54) is 19.3 Å². The van der Waals surface area contributed by atoms with Crippen molar-refractivity contribution in [2.75, 3.05) is 0 Å². The molecule has 0 atom stereocenters. The maximum atomic E-state index is 4.23. The Kier molecular flexibility index (Phi) is 3.70. The van der Waals surface area contributed by atoms with E-state index in [1.54, 1.807) is 0 Å². The van der Waals surface area contributed by atoms with Gasteiger partial charge >= 0.3 is 0 Å². The standard InChI is InChI=1S/C13H17N3/c1-2-3-5-10-12-13(15-16-14-12)11-8-6-4-7-9-11/h4,6-9H,2-3,5,10H2,1H3,(H,14,15,16). The average molecular weight is 215 g/mol. The van der Waals surface area contributed by atoms with E-state index in [-0.39, 0.29) is 0 Å². The SMILES string of the molecule is CCCCCc1n[nH]nc1-c1ccccc1. The monoisotopic (exact) mass is 215 g/mol. The summed E-state index contributed by atoms with van der Waals surface area (Å²) in [6.07, 6.45) is 4.68. The van der Waals surface area contributed by atoms with Crippen molar-refractivity contribution in [2.45, 2.75) is 32.6 Å². The lowest BCUT2D eigenvalue weighted by Crippen LogP contribution is -1.89. The summed E-state index contributed by atoms with van der Waals surface area (Å²) < 4.78 is 0. The molecular formula is C13H17N3. The van der Waals surface area contributed by atoms with Crippen LogP contribution in [0.5, 0.6) is 0 Å². The number of nitrogens with zero attached hydrogens (tertiary/aromatic N) is 2. The molecule has 3 heteroatoms. The molecule has 0 fully saturated rings. The number of hydrogen-bond donors (Lipinski definition) is 1. The van der Waals surface area contributed by atoms with Gasteiger partial charge in [-0.3, -0.25) is 0 Å². The minimum absolute atomic E-state index is 0.997. The highest BCUT2D eigenvalue weighted by molar-refractivity contribution is 5.60. The molecule has 1 heterocycles. The van der Waals surface area contributed by atoms with Gasteiger partial charge in [0.15, 0.2) is 0 Å². The van der Waals surface area contributed by atoms with Gasteiger partial charge in [-0.1, -0.05) is 50.1 Å². The van der Waals surface area contributed by atoms with Gasteiger partial charge in [-0.2, -0.15) is 15.4 Å². The van der Waals surface area contributed by atoms with Crippen LogP contribution in [0.2, 0.25) is 0 Å². The van der Waals surface area contributed by atoms with E-state index in [0.717, 1.165) is 23.4 Å². The van der Waals surface area contributed by atoms with E-state index in [4.69, 9.17) is 0 Å². The molecule has 2 aromatic rings. The zero-order valence-corrected chi connectivity index (χ0v) is 9.61. The second-order valence-electron chi connectivity index (χ2n) is 3.94. The lowest BCUT2D eigenvalue weighted by atomic mass is 10.1. The summed E-state index contributed by atoms with van der Waals surface area (Å²) in [5.74, 6) is 0. The maximum absolute atomic E-state index is 4.23. The Morgan fingerprint density at radius 1 is 1.06 bits per heavy atom. The molecule has 0 unspecified atom stereocenters. The van der Waals surface area contributed by atoms with Crippen molar-refractivity contribution >= 4 is 0 Å². The quantitative estimate of drug-likeness (QED) is 0.778. The Morgan fingerprint density at radius 3 is 2.62 bits per heavy atom. The van der Waals surface area contributed by atoms with Gasteiger partial charge in [-0.15, -0.1) is 0 Å². The highest BCUT2D eigenvalue weighted by Gasteiger charge is 2.08. The molecule has 0 saturated carbocycles. The number of nitrogens with one attached hydrogen (secondary N) is 1. The first-order valence-corrected chi connectivity index (χ1v) is 5.87. The van der Waals surface area contributed by atoms with Crippen molar-refractivity contribution < 1.29 is 0 Å². The van der Waals surface area contributed by atoms with E-state index in [9.17, 15) is 0 Å². The first-order chi connectivity index (χ1) is 7.92. The normalized spacial score (nSPS) is 10.6. The first kappa shape index (κ1) is 10.9. The van der Waals surface area contributed by atoms with E-state index < -0.39 is 0 Å². The van der Waals surface area contributed by atoms with Crippen LogP contribution in [-0.2, 0) is 6.42 Å². The van der Waals surface area contributed by atoms with E-state index >= 15 is 0 Å². The number of benzene rings is 1. The lowest BCUT2D eigenvalue weighted by molar-refractivity contribution is 0.705. The molecule has 1 N–H and O–H groups in total. The van der Waals surface area contributed by atoms with Gasteiger partial charge in [-0.05, 0) is 12.8 Å². The zero-order valence-electron chi connectivity index (χ0n) is 9.61. The topological polar surface area (TPSA) is 41.6 Å². The molecule has 0 saturated heterocycles. The molecule has 0 aliphatic carbocycles. The highest BCUT2D eigenvalue weighted by atomic mass is 15.3. The van der Waals surface area contributed by atoms with Crippen molar-refractivity contribution in [3.05, 3.63) is 36.0 Å². The fourth-order valence-electron chi connectivity index (χ4n) is 1.80. The van der Waals surface area contributed by atoms with Gasteiger partial charge < -0.3 is 0 Å². The minimum atomic E-state index is 0.997. The van der Waals surface area contributed by atoms with Crippen molar-refractivity contribution in [3.63, 3.8) is 0 Å². The zero-order chi connectivity index (χ0) is 11.2. The van der Waals surface area contributed by atoms with Crippen LogP contribution < -0.4 is 0 Å². The van der Waals surface area contributed by atoms with Gasteiger partial charge in [0.05, 0.1) is 5.69 Å². The van der Waals surface area contributed by atoms with Crippen LogP contribution in [0.4, 0.5) is 0 Å². The summed E-state index contributed by atoms with van der Waals surface area (Å²) in [7, 11) is 0. The third kappa shape index (κ3) is 2.48. The Morgan fingerprint density at radius 2 is 1.88 bits per heavy atom. The molecule has 16 heavy (non-hydrogen) atoms. The molecule has 0 radical (unpaired) electrons. The number of aromatic nitrogens is 3. The number of aryl methyl sites for hydroxylation is 1. The average Bonchev–Trinajstić information content (AvgIpc) is 2.79. The largest absolute Gasteiger partial charge is 0.197 e. The number of hydrogen-bond acceptors (Lipinski definition) is 2. The van der Waals surface area contributed by atoms with Gasteiger partial charge in [0.25, 0.3) is 0 Å². The molecule has 0 bridgehead atoms. The molecule has 1 aromatic heterocycles. The predicted octanol–water partition coefficient (Wildman–Crippen LogP) is 3.20. The predicted molar refractivity (Wildman–Crippen MR) is 65.0 cm³/mol. The fourth-order valence-corrected chi connectivity index (χ4v) is 1.80. The molecule has 0 aliphatic rings. The molecule has 0 amide bonds. The van der Waals surface area contributed by atoms with Crippen LogP contribution in [0, 0.1) is 0 Å². The fraction of sp³-hybridized carbons (Fsp3) is 0.385. The summed E-state index contributed by atoms with van der Waals surface area (Å²) in [6.45, 7) is 2.21.